The molecule has 3 N–H and O–H groups in total. The first-order valence-electron chi connectivity index (χ1n) is 8.11. The number of anilines is 2. The lowest BCUT2D eigenvalue weighted by Gasteiger charge is -2.27. The summed E-state index contributed by atoms with van der Waals surface area (Å²) in [6, 6.07) is 2.84. The molecule has 2 fully saturated rings. The molecule has 2 aliphatic heterocycles. The number of hydrogen-bond acceptors (Lipinski definition) is 7. The first kappa shape index (κ1) is 17.1. The number of nitrogens with two attached hydrogens (primary N) is 1. The van der Waals surface area contributed by atoms with E-state index in [0.29, 0.717) is 29.9 Å². The van der Waals surface area contributed by atoms with Gasteiger partial charge in [0.05, 0.1) is 12.2 Å². The van der Waals surface area contributed by atoms with Gasteiger partial charge in [-0.05, 0) is 18.2 Å². The second-order valence-electron chi connectivity index (χ2n) is 6.83. The topological polar surface area (TPSA) is 95.6 Å². The molecule has 0 spiro atoms. The van der Waals surface area contributed by atoms with E-state index in [0.717, 1.165) is 18.2 Å². The summed E-state index contributed by atoms with van der Waals surface area (Å²) < 4.78 is 27.3. The van der Waals surface area contributed by atoms with E-state index in [2.05, 4.69) is 10.2 Å². The monoisotopic (exact) mass is 381 g/mol. The van der Waals surface area contributed by atoms with Crippen LogP contribution in [0.5, 0.6) is 0 Å². The van der Waals surface area contributed by atoms with Crippen LogP contribution in [-0.2, 0) is 0 Å². The van der Waals surface area contributed by atoms with Crippen molar-refractivity contribution in [2.45, 2.75) is 0 Å². The average Bonchev–Trinajstić information content (AvgIpc) is 3.28. The van der Waals surface area contributed by atoms with Crippen LogP contribution in [-0.4, -0.2) is 58.9 Å². The van der Waals surface area contributed by atoms with Crippen molar-refractivity contribution < 1.29 is 18.7 Å². The number of hydrogen-bond donors (Lipinski definition) is 2. The third-order valence-corrected chi connectivity index (χ3v) is 6.03. The summed E-state index contributed by atoms with van der Waals surface area (Å²) in [6.07, 6.45) is 0. The van der Waals surface area contributed by atoms with E-state index in [9.17, 15) is 18.7 Å². The SMILES string of the molecule is Nc1nnc(N2C[C@H]3CN(C(=O)c4cc(F)ccc4F)C[C@@]3(CO)C2)s1. The summed E-state index contributed by atoms with van der Waals surface area (Å²) in [5.74, 6) is -1.97. The fourth-order valence-electron chi connectivity index (χ4n) is 3.89. The van der Waals surface area contributed by atoms with E-state index in [-0.39, 0.29) is 24.6 Å². The molecule has 2 aromatic rings. The number of aliphatic hydroxyl groups excluding tert-OH is 1. The molecular formula is C16H17F2N5O2S. The molecule has 4 rings (SSSR count). The normalized spacial score (nSPS) is 25.0. The number of rotatable bonds is 3. The van der Waals surface area contributed by atoms with Crippen LogP contribution in [0, 0.1) is 23.0 Å². The Balaban J connectivity index is 1.54. The van der Waals surface area contributed by atoms with E-state index < -0.39 is 23.0 Å². The molecule has 26 heavy (non-hydrogen) atoms. The van der Waals surface area contributed by atoms with Gasteiger partial charge in [-0.3, -0.25) is 4.79 Å². The van der Waals surface area contributed by atoms with Crippen LogP contribution in [0.25, 0.3) is 0 Å². The maximum Gasteiger partial charge on any atom is 0.256 e. The van der Waals surface area contributed by atoms with Gasteiger partial charge < -0.3 is 20.6 Å². The van der Waals surface area contributed by atoms with Gasteiger partial charge in [-0.25, -0.2) is 8.78 Å². The molecule has 2 saturated heterocycles. The van der Waals surface area contributed by atoms with E-state index in [1.165, 1.54) is 16.2 Å². The maximum atomic E-state index is 13.9. The summed E-state index contributed by atoms with van der Waals surface area (Å²) in [7, 11) is 0. The smallest absolute Gasteiger partial charge is 0.256 e. The zero-order valence-corrected chi connectivity index (χ0v) is 14.5. The van der Waals surface area contributed by atoms with Crippen LogP contribution >= 0.6 is 11.3 Å². The molecule has 10 heteroatoms. The molecule has 2 aliphatic rings. The number of aromatic nitrogens is 2. The highest BCUT2D eigenvalue weighted by atomic mass is 32.1. The van der Waals surface area contributed by atoms with Gasteiger partial charge in [0.25, 0.3) is 5.91 Å². The number of nitrogens with zero attached hydrogens (tertiary/aromatic N) is 4. The number of nitrogen functional groups attached to an aromatic ring is 1. The number of carbonyl (C=O) groups excluding carboxylic acids is 1. The minimum Gasteiger partial charge on any atom is -0.396 e. The molecule has 1 aromatic heterocycles. The molecule has 138 valence electrons. The number of likely N-dealkylation sites (tertiary alicyclic amines) is 1. The van der Waals surface area contributed by atoms with Gasteiger partial charge in [0.15, 0.2) is 0 Å². The van der Waals surface area contributed by atoms with E-state index in [4.69, 9.17) is 5.73 Å². The van der Waals surface area contributed by atoms with Crippen LogP contribution < -0.4 is 10.6 Å². The van der Waals surface area contributed by atoms with Crippen LogP contribution in [0.15, 0.2) is 18.2 Å². The van der Waals surface area contributed by atoms with Crippen molar-refractivity contribution in [3.8, 4) is 0 Å². The number of halogens is 2. The maximum absolute atomic E-state index is 13.9. The van der Waals surface area contributed by atoms with Crippen LogP contribution in [0.2, 0.25) is 0 Å². The Labute approximate surface area is 152 Å². The Bertz CT molecular complexity index is 863. The van der Waals surface area contributed by atoms with Crippen molar-refractivity contribution >= 4 is 27.5 Å². The van der Waals surface area contributed by atoms with Gasteiger partial charge in [0, 0.05) is 37.5 Å². The Hall–Kier alpha value is -2.33. The number of carbonyl (C=O) groups is 1. The summed E-state index contributed by atoms with van der Waals surface area (Å²) in [5.41, 5.74) is 4.82. The Morgan fingerprint density at radius 2 is 2.15 bits per heavy atom. The molecular weight excluding hydrogens is 364 g/mol. The number of amides is 1. The third-order valence-electron chi connectivity index (χ3n) is 5.22. The molecule has 1 aromatic carbocycles. The molecule has 0 saturated carbocycles. The minimum atomic E-state index is -0.752. The Morgan fingerprint density at radius 1 is 1.35 bits per heavy atom. The van der Waals surface area contributed by atoms with Crippen molar-refractivity contribution in [3.05, 3.63) is 35.4 Å². The lowest BCUT2D eigenvalue weighted by atomic mass is 9.82. The van der Waals surface area contributed by atoms with Crippen molar-refractivity contribution in [3.63, 3.8) is 0 Å². The fourth-order valence-corrected chi connectivity index (χ4v) is 4.51. The molecule has 0 aliphatic carbocycles. The van der Waals surface area contributed by atoms with Gasteiger partial charge >= 0.3 is 0 Å². The van der Waals surface area contributed by atoms with Gasteiger partial charge in [-0.1, -0.05) is 11.3 Å². The first-order chi connectivity index (χ1) is 12.4. The van der Waals surface area contributed by atoms with Crippen molar-refractivity contribution in [2.75, 3.05) is 43.4 Å². The minimum absolute atomic E-state index is 0.00167. The van der Waals surface area contributed by atoms with E-state index >= 15 is 0 Å². The Kier molecular flexibility index (Phi) is 4.03. The predicted octanol–water partition coefficient (Wildman–Crippen LogP) is 0.969. The number of aliphatic hydroxyl groups is 1. The summed E-state index contributed by atoms with van der Waals surface area (Å²) in [4.78, 5) is 16.1. The molecule has 7 nitrogen and oxygen atoms in total. The molecule has 1 amide bonds. The lowest BCUT2D eigenvalue weighted by Crippen LogP contribution is -2.39. The van der Waals surface area contributed by atoms with Crippen molar-refractivity contribution in [2.24, 2.45) is 11.3 Å². The standard InChI is InChI=1S/C16H17F2N5O2S/c17-10-1-2-12(18)11(3-10)13(25)22-4-9-5-23(7-16(9,6-22)8-24)15-21-20-14(19)26-15/h1-3,9,24H,4-8H2,(H2,19,20)/t9-,16+/m1/s1. The van der Waals surface area contributed by atoms with Crippen LogP contribution in [0.4, 0.5) is 19.0 Å². The first-order valence-corrected chi connectivity index (χ1v) is 8.92. The summed E-state index contributed by atoms with van der Waals surface area (Å²) >= 11 is 1.27. The van der Waals surface area contributed by atoms with Crippen LogP contribution in [0.1, 0.15) is 10.4 Å². The third kappa shape index (κ3) is 2.69. The quantitative estimate of drug-likeness (QED) is 0.823. The largest absolute Gasteiger partial charge is 0.396 e. The van der Waals surface area contributed by atoms with Gasteiger partial charge in [-0.2, -0.15) is 0 Å². The highest BCUT2D eigenvalue weighted by molar-refractivity contribution is 7.18. The summed E-state index contributed by atoms with van der Waals surface area (Å²) in [6.45, 7) is 1.61. The molecule has 0 radical (unpaired) electrons. The van der Waals surface area contributed by atoms with Crippen molar-refractivity contribution in [1.29, 1.82) is 0 Å². The predicted molar refractivity (Wildman–Crippen MR) is 91.8 cm³/mol. The van der Waals surface area contributed by atoms with E-state index in [1.807, 2.05) is 4.90 Å². The average molecular weight is 381 g/mol. The highest BCUT2D eigenvalue weighted by Gasteiger charge is 2.54. The summed E-state index contributed by atoms with van der Waals surface area (Å²) in [5, 5.41) is 18.9. The fraction of sp³-hybridized carbons (Fsp3) is 0.438. The highest BCUT2D eigenvalue weighted by Crippen LogP contribution is 2.44. The van der Waals surface area contributed by atoms with Crippen LogP contribution in [0.3, 0.4) is 0 Å². The van der Waals surface area contributed by atoms with Gasteiger partial charge in [-0.15, -0.1) is 10.2 Å². The molecule has 2 atom stereocenters. The zero-order valence-electron chi connectivity index (χ0n) is 13.7. The number of fused-ring (bicyclic) bond motifs is 1. The second-order valence-corrected chi connectivity index (χ2v) is 7.82. The molecule has 3 heterocycles. The lowest BCUT2D eigenvalue weighted by molar-refractivity contribution is 0.0743. The van der Waals surface area contributed by atoms with Gasteiger partial charge in [0.1, 0.15) is 11.6 Å². The van der Waals surface area contributed by atoms with Gasteiger partial charge in [0.2, 0.25) is 10.3 Å². The second kappa shape index (κ2) is 6.13. The zero-order chi connectivity index (χ0) is 18.5. The molecule has 0 bridgehead atoms. The molecule has 0 unspecified atom stereocenters. The van der Waals surface area contributed by atoms with E-state index in [1.54, 1.807) is 0 Å². The van der Waals surface area contributed by atoms with Crippen molar-refractivity contribution in [1.82, 2.24) is 15.1 Å². The number of benzene rings is 1. The Morgan fingerprint density at radius 3 is 2.81 bits per heavy atom.